The molecule has 0 aromatic heterocycles. The van der Waals surface area contributed by atoms with E-state index < -0.39 is 54.5 Å². The molecule has 5 atom stereocenters. The van der Waals surface area contributed by atoms with Gasteiger partial charge in [0.2, 0.25) is 6.29 Å². The van der Waals surface area contributed by atoms with Gasteiger partial charge in [0.25, 0.3) is 0 Å². The average Bonchev–Trinajstić information content (AvgIpc) is 2.50. The smallest absolute Gasteiger partial charge is 0.305 e. The van der Waals surface area contributed by atoms with Crippen LogP contribution in [0.15, 0.2) is 5.11 Å². The van der Waals surface area contributed by atoms with Crippen LogP contribution in [0.3, 0.4) is 0 Å². The maximum Gasteiger partial charge on any atom is 0.305 e. The Hall–Kier alpha value is -2.85. The van der Waals surface area contributed by atoms with Crippen LogP contribution < -0.4 is 0 Å². The molecule has 1 rings (SSSR count). The Bertz CT molecular complexity index is 617. The van der Waals surface area contributed by atoms with Crippen LogP contribution in [0.1, 0.15) is 27.7 Å². The first kappa shape index (κ1) is 21.2. The van der Waals surface area contributed by atoms with Gasteiger partial charge < -0.3 is 23.7 Å². The van der Waals surface area contributed by atoms with Gasteiger partial charge in [0, 0.05) is 32.6 Å². The fraction of sp³-hybridized carbons (Fsp3) is 0.714. The normalized spacial score (nSPS) is 27.5. The van der Waals surface area contributed by atoms with Gasteiger partial charge in [0.15, 0.2) is 6.10 Å². The number of hydrogen-bond donors (Lipinski definition) is 0. The zero-order valence-electron chi connectivity index (χ0n) is 14.6. The third-order valence-corrected chi connectivity index (χ3v) is 3.14. The van der Waals surface area contributed by atoms with Gasteiger partial charge in [-0.2, -0.15) is 0 Å². The summed E-state index contributed by atoms with van der Waals surface area (Å²) in [6.45, 7) is 4.06. The van der Waals surface area contributed by atoms with E-state index in [4.69, 9.17) is 29.2 Å². The van der Waals surface area contributed by atoms with Gasteiger partial charge in [-0.05, 0) is 5.53 Å². The molecule has 12 heteroatoms. The largest absolute Gasteiger partial charge is 0.463 e. The highest BCUT2D eigenvalue weighted by molar-refractivity contribution is 5.68. The molecule has 144 valence electrons. The maximum atomic E-state index is 11.4. The molecule has 1 aliphatic heterocycles. The second-order valence-corrected chi connectivity index (χ2v) is 5.30. The van der Waals surface area contributed by atoms with Crippen molar-refractivity contribution in [2.45, 2.75) is 58.3 Å². The Balaban J connectivity index is 3.27. The molecule has 0 aromatic rings. The number of carbonyl (C=O) groups is 4. The van der Waals surface area contributed by atoms with Gasteiger partial charge >= 0.3 is 23.9 Å². The van der Waals surface area contributed by atoms with Crippen LogP contribution in [0.4, 0.5) is 0 Å². The van der Waals surface area contributed by atoms with E-state index in [1.807, 2.05) is 0 Å². The molecule has 0 radical (unpaired) electrons. The van der Waals surface area contributed by atoms with Gasteiger partial charge in [-0.25, -0.2) is 0 Å². The maximum absolute atomic E-state index is 11.4. The number of esters is 4. The molecule has 0 spiro atoms. The molecule has 2 unspecified atom stereocenters. The molecule has 0 saturated carbocycles. The quantitative estimate of drug-likeness (QED) is 0.210. The number of hydrogen-bond acceptors (Lipinski definition) is 10. The highest BCUT2D eigenvalue weighted by Crippen LogP contribution is 2.29. The molecule has 0 aromatic carbocycles. The predicted molar refractivity (Wildman–Crippen MR) is 81.1 cm³/mol. The van der Waals surface area contributed by atoms with Crippen molar-refractivity contribution in [2.75, 3.05) is 6.61 Å². The molecule has 1 saturated heterocycles. The lowest BCUT2D eigenvalue weighted by Crippen LogP contribution is -2.61. The molecule has 0 N–H and O–H groups in total. The van der Waals surface area contributed by atoms with Crippen LogP contribution >= 0.6 is 0 Å². The standard InChI is InChI=1S/C14H19N3O9/c1-6(18)22-5-10-12(23-7(2)19)11(16-17-15)13(24-8(3)20)14(26-10)25-9(4)21/h10-14H,5H2,1-4H3/t10?,11-,12-,13?,14+/m0/s1. The third-order valence-electron chi connectivity index (χ3n) is 3.14. The number of rotatable bonds is 6. The van der Waals surface area contributed by atoms with Crippen molar-refractivity contribution < 1.29 is 42.9 Å². The summed E-state index contributed by atoms with van der Waals surface area (Å²) in [6.07, 6.45) is -5.21. The number of ether oxygens (including phenoxy) is 5. The fourth-order valence-corrected chi connectivity index (χ4v) is 2.33. The molecule has 1 aliphatic rings. The molecule has 12 nitrogen and oxygen atoms in total. The number of nitrogens with zero attached hydrogens (tertiary/aromatic N) is 3. The van der Waals surface area contributed by atoms with E-state index in [-0.39, 0.29) is 6.61 Å². The molecule has 1 fully saturated rings. The lowest BCUT2D eigenvalue weighted by atomic mass is 9.96. The number of carbonyl (C=O) groups excluding carboxylic acids is 4. The first-order valence-electron chi connectivity index (χ1n) is 7.50. The van der Waals surface area contributed by atoms with Crippen LogP contribution in [-0.2, 0) is 42.9 Å². The minimum Gasteiger partial charge on any atom is -0.463 e. The highest BCUT2D eigenvalue weighted by Gasteiger charge is 2.51. The van der Waals surface area contributed by atoms with Gasteiger partial charge in [-0.1, -0.05) is 5.11 Å². The molecule has 26 heavy (non-hydrogen) atoms. The summed E-state index contributed by atoms with van der Waals surface area (Å²) in [7, 11) is 0. The molecular weight excluding hydrogens is 354 g/mol. The molecule has 1 heterocycles. The molecule has 0 bridgehead atoms. The van der Waals surface area contributed by atoms with E-state index in [2.05, 4.69) is 10.0 Å². The minimum atomic E-state index is -1.46. The van der Waals surface area contributed by atoms with Crippen molar-refractivity contribution in [3.8, 4) is 0 Å². The summed E-state index contributed by atoms with van der Waals surface area (Å²) in [5.74, 6) is -2.91. The van der Waals surface area contributed by atoms with Gasteiger partial charge in [-0.15, -0.1) is 0 Å². The van der Waals surface area contributed by atoms with Crippen molar-refractivity contribution in [2.24, 2.45) is 5.11 Å². The van der Waals surface area contributed by atoms with Gasteiger partial charge in [0.1, 0.15) is 24.9 Å². The van der Waals surface area contributed by atoms with E-state index in [0.717, 1.165) is 27.7 Å². The summed E-state index contributed by atoms with van der Waals surface area (Å²) in [5.41, 5.74) is 8.84. The number of azide groups is 1. The zero-order chi connectivity index (χ0) is 19.9. The molecule has 0 aliphatic carbocycles. The monoisotopic (exact) mass is 373 g/mol. The van der Waals surface area contributed by atoms with E-state index in [1.165, 1.54) is 0 Å². The highest BCUT2D eigenvalue weighted by atomic mass is 16.7. The Morgan fingerprint density at radius 3 is 1.92 bits per heavy atom. The Kier molecular flexibility index (Phi) is 7.81. The van der Waals surface area contributed by atoms with E-state index >= 15 is 0 Å². The van der Waals surface area contributed by atoms with Crippen molar-refractivity contribution >= 4 is 23.9 Å². The zero-order valence-corrected chi connectivity index (χ0v) is 14.6. The van der Waals surface area contributed by atoms with E-state index in [1.54, 1.807) is 0 Å². The first-order chi connectivity index (χ1) is 12.1. The Morgan fingerprint density at radius 1 is 0.923 bits per heavy atom. The van der Waals surface area contributed by atoms with Crippen molar-refractivity contribution in [1.82, 2.24) is 0 Å². The second kappa shape index (κ2) is 9.59. The first-order valence-corrected chi connectivity index (χ1v) is 7.50. The third kappa shape index (κ3) is 6.22. The minimum absolute atomic E-state index is 0.380. The van der Waals surface area contributed by atoms with E-state index in [9.17, 15) is 19.2 Å². The van der Waals surface area contributed by atoms with Gasteiger partial charge in [-0.3, -0.25) is 19.2 Å². The predicted octanol–water partition coefficient (Wildman–Crippen LogP) is 0.380. The summed E-state index contributed by atoms with van der Waals surface area (Å²) in [5, 5.41) is 3.50. The van der Waals surface area contributed by atoms with Crippen LogP contribution in [0.25, 0.3) is 10.4 Å². The Labute approximate surface area is 148 Å². The topological polar surface area (TPSA) is 163 Å². The van der Waals surface area contributed by atoms with Crippen molar-refractivity contribution in [3.05, 3.63) is 10.4 Å². The molecule has 0 amide bonds. The van der Waals surface area contributed by atoms with Crippen LogP contribution in [0, 0.1) is 0 Å². The van der Waals surface area contributed by atoms with Crippen LogP contribution in [0.5, 0.6) is 0 Å². The SMILES string of the molecule is CC(=O)OCC1O[C@@H](OC(C)=O)C(OC(C)=O)[C@@H](N=[N+]=[N-])[C@H]1OC(C)=O. The van der Waals surface area contributed by atoms with Crippen LogP contribution in [0.2, 0.25) is 0 Å². The summed E-state index contributed by atoms with van der Waals surface area (Å²) >= 11 is 0. The van der Waals surface area contributed by atoms with Crippen molar-refractivity contribution in [3.63, 3.8) is 0 Å². The van der Waals surface area contributed by atoms with Crippen molar-refractivity contribution in [1.29, 1.82) is 0 Å². The lowest BCUT2D eigenvalue weighted by Gasteiger charge is -2.42. The summed E-state index contributed by atoms with van der Waals surface area (Å²) in [6, 6.07) is -1.29. The Morgan fingerprint density at radius 2 is 1.46 bits per heavy atom. The summed E-state index contributed by atoms with van der Waals surface area (Å²) in [4.78, 5) is 47.9. The van der Waals surface area contributed by atoms with Gasteiger partial charge in [0.05, 0.1) is 0 Å². The fourth-order valence-electron chi connectivity index (χ4n) is 2.33. The second-order valence-electron chi connectivity index (χ2n) is 5.30. The molecular formula is C14H19N3O9. The van der Waals surface area contributed by atoms with Crippen LogP contribution in [-0.4, -0.2) is 61.1 Å². The average molecular weight is 373 g/mol. The summed E-state index contributed by atoms with van der Waals surface area (Å²) < 4.78 is 25.5. The lowest BCUT2D eigenvalue weighted by molar-refractivity contribution is -0.275. The van der Waals surface area contributed by atoms with E-state index in [0.29, 0.717) is 0 Å².